The molecule has 2 nitrogen and oxygen atoms in total. The van der Waals surface area contributed by atoms with Crippen LogP contribution in [0.3, 0.4) is 0 Å². The fraction of sp³-hybridized carbons (Fsp3) is 0.545. The van der Waals surface area contributed by atoms with Crippen molar-refractivity contribution in [2.75, 3.05) is 6.54 Å². The zero-order valence-electron chi connectivity index (χ0n) is 8.03. The van der Waals surface area contributed by atoms with E-state index >= 15 is 0 Å². The van der Waals surface area contributed by atoms with Gasteiger partial charge in [-0.05, 0) is 37.1 Å². The molecule has 0 aliphatic carbocycles. The lowest BCUT2D eigenvalue weighted by Gasteiger charge is -2.17. The summed E-state index contributed by atoms with van der Waals surface area (Å²) >= 11 is 0. The van der Waals surface area contributed by atoms with Gasteiger partial charge < -0.3 is 5.32 Å². The predicted molar refractivity (Wildman–Crippen MR) is 53.7 cm³/mol. The SMILES string of the molecule is CCC1NCCC1c1ccncc1. The topological polar surface area (TPSA) is 24.9 Å². The van der Waals surface area contributed by atoms with E-state index in [1.807, 2.05) is 12.4 Å². The molecule has 1 aromatic rings. The fourth-order valence-corrected chi connectivity index (χ4v) is 2.21. The van der Waals surface area contributed by atoms with E-state index in [4.69, 9.17) is 0 Å². The first-order valence-electron chi connectivity index (χ1n) is 5.05. The maximum atomic E-state index is 4.05. The molecule has 1 aromatic heterocycles. The normalized spacial score (nSPS) is 27.8. The van der Waals surface area contributed by atoms with Crippen LogP contribution in [-0.4, -0.2) is 17.6 Å². The molecule has 2 unspecified atom stereocenters. The van der Waals surface area contributed by atoms with Crippen LogP contribution in [0.25, 0.3) is 0 Å². The molecule has 1 aliphatic rings. The second kappa shape index (κ2) is 3.88. The quantitative estimate of drug-likeness (QED) is 0.745. The molecule has 2 rings (SSSR count). The third-order valence-electron chi connectivity index (χ3n) is 2.92. The molecule has 1 fully saturated rings. The second-order valence-corrected chi connectivity index (χ2v) is 3.64. The van der Waals surface area contributed by atoms with Crippen molar-refractivity contribution in [2.24, 2.45) is 0 Å². The summed E-state index contributed by atoms with van der Waals surface area (Å²) in [4.78, 5) is 4.05. The Labute approximate surface area is 79.4 Å². The second-order valence-electron chi connectivity index (χ2n) is 3.64. The predicted octanol–water partition coefficient (Wildman–Crippen LogP) is 1.94. The molecule has 70 valence electrons. The molecule has 13 heavy (non-hydrogen) atoms. The summed E-state index contributed by atoms with van der Waals surface area (Å²) in [6.45, 7) is 3.41. The first-order valence-corrected chi connectivity index (χ1v) is 5.05. The van der Waals surface area contributed by atoms with Crippen LogP contribution < -0.4 is 5.32 Å². The third-order valence-corrected chi connectivity index (χ3v) is 2.92. The number of hydrogen-bond donors (Lipinski definition) is 1. The standard InChI is InChI=1S/C11H16N2/c1-2-11-10(5-8-13-11)9-3-6-12-7-4-9/h3-4,6-7,10-11,13H,2,5,8H2,1H3. The largest absolute Gasteiger partial charge is 0.313 e. The van der Waals surface area contributed by atoms with E-state index in [1.165, 1.54) is 18.4 Å². The van der Waals surface area contributed by atoms with Crippen molar-refractivity contribution in [3.05, 3.63) is 30.1 Å². The third kappa shape index (κ3) is 1.73. The van der Waals surface area contributed by atoms with Crippen LogP contribution in [0.1, 0.15) is 31.2 Å². The molecule has 1 N–H and O–H groups in total. The molecule has 0 radical (unpaired) electrons. The number of nitrogens with zero attached hydrogens (tertiary/aromatic N) is 1. The van der Waals surface area contributed by atoms with Gasteiger partial charge in [0.2, 0.25) is 0 Å². The van der Waals surface area contributed by atoms with E-state index in [-0.39, 0.29) is 0 Å². The number of nitrogens with one attached hydrogen (secondary N) is 1. The van der Waals surface area contributed by atoms with Gasteiger partial charge in [-0.3, -0.25) is 4.98 Å². The Kier molecular flexibility index (Phi) is 2.60. The van der Waals surface area contributed by atoms with E-state index in [0.29, 0.717) is 12.0 Å². The summed E-state index contributed by atoms with van der Waals surface area (Å²) < 4.78 is 0. The van der Waals surface area contributed by atoms with E-state index in [0.717, 1.165) is 6.54 Å². The van der Waals surface area contributed by atoms with Gasteiger partial charge in [0.15, 0.2) is 0 Å². The zero-order chi connectivity index (χ0) is 9.10. The van der Waals surface area contributed by atoms with Crippen LogP contribution >= 0.6 is 0 Å². The molecule has 0 bridgehead atoms. The van der Waals surface area contributed by atoms with Crippen molar-refractivity contribution in [1.29, 1.82) is 0 Å². The van der Waals surface area contributed by atoms with Crippen molar-refractivity contribution in [2.45, 2.75) is 31.7 Å². The van der Waals surface area contributed by atoms with Crippen LogP contribution in [-0.2, 0) is 0 Å². The van der Waals surface area contributed by atoms with Gasteiger partial charge in [-0.15, -0.1) is 0 Å². The van der Waals surface area contributed by atoms with E-state index in [1.54, 1.807) is 0 Å². The van der Waals surface area contributed by atoms with Gasteiger partial charge in [-0.2, -0.15) is 0 Å². The van der Waals surface area contributed by atoms with Gasteiger partial charge in [0.05, 0.1) is 0 Å². The van der Waals surface area contributed by atoms with Crippen LogP contribution in [0.5, 0.6) is 0 Å². The van der Waals surface area contributed by atoms with Crippen molar-refractivity contribution >= 4 is 0 Å². The summed E-state index contributed by atoms with van der Waals surface area (Å²) in [5, 5.41) is 3.53. The van der Waals surface area contributed by atoms with E-state index in [2.05, 4.69) is 29.4 Å². The number of hydrogen-bond acceptors (Lipinski definition) is 2. The van der Waals surface area contributed by atoms with Gasteiger partial charge >= 0.3 is 0 Å². The summed E-state index contributed by atoms with van der Waals surface area (Å²) in [5.74, 6) is 0.702. The molecular weight excluding hydrogens is 160 g/mol. The molecule has 2 atom stereocenters. The maximum absolute atomic E-state index is 4.05. The lowest BCUT2D eigenvalue weighted by molar-refractivity contribution is 0.531. The molecular formula is C11H16N2. The highest BCUT2D eigenvalue weighted by Crippen LogP contribution is 2.28. The Balaban J connectivity index is 2.16. The molecule has 1 saturated heterocycles. The van der Waals surface area contributed by atoms with Gasteiger partial charge in [0.25, 0.3) is 0 Å². The van der Waals surface area contributed by atoms with Crippen LogP contribution in [0.4, 0.5) is 0 Å². The number of aromatic nitrogens is 1. The van der Waals surface area contributed by atoms with E-state index < -0.39 is 0 Å². The Morgan fingerprint density at radius 1 is 1.46 bits per heavy atom. The molecule has 0 spiro atoms. The fourth-order valence-electron chi connectivity index (χ4n) is 2.21. The molecule has 0 aromatic carbocycles. The van der Waals surface area contributed by atoms with Crippen molar-refractivity contribution < 1.29 is 0 Å². The van der Waals surface area contributed by atoms with Gasteiger partial charge in [-0.25, -0.2) is 0 Å². The van der Waals surface area contributed by atoms with Gasteiger partial charge in [-0.1, -0.05) is 6.92 Å². The summed E-state index contributed by atoms with van der Waals surface area (Å²) in [6, 6.07) is 4.95. The highest BCUT2D eigenvalue weighted by molar-refractivity contribution is 5.19. The van der Waals surface area contributed by atoms with Gasteiger partial charge in [0.1, 0.15) is 0 Å². The van der Waals surface area contributed by atoms with Crippen molar-refractivity contribution in [3.8, 4) is 0 Å². The van der Waals surface area contributed by atoms with Crippen molar-refractivity contribution in [1.82, 2.24) is 10.3 Å². The van der Waals surface area contributed by atoms with Crippen LogP contribution in [0.15, 0.2) is 24.5 Å². The van der Waals surface area contributed by atoms with Crippen molar-refractivity contribution in [3.63, 3.8) is 0 Å². The molecule has 2 heterocycles. The summed E-state index contributed by atoms with van der Waals surface area (Å²) in [7, 11) is 0. The lowest BCUT2D eigenvalue weighted by atomic mass is 9.91. The number of pyridine rings is 1. The maximum Gasteiger partial charge on any atom is 0.0270 e. The minimum atomic E-state index is 0.669. The molecule has 2 heteroatoms. The first kappa shape index (κ1) is 8.70. The average molecular weight is 176 g/mol. The van der Waals surface area contributed by atoms with E-state index in [9.17, 15) is 0 Å². The van der Waals surface area contributed by atoms with Crippen LogP contribution in [0.2, 0.25) is 0 Å². The highest BCUT2D eigenvalue weighted by atomic mass is 14.9. The molecule has 0 amide bonds. The minimum absolute atomic E-state index is 0.669. The Bertz CT molecular complexity index is 258. The number of rotatable bonds is 2. The minimum Gasteiger partial charge on any atom is -0.313 e. The summed E-state index contributed by atoms with van der Waals surface area (Å²) in [5.41, 5.74) is 1.44. The zero-order valence-corrected chi connectivity index (χ0v) is 8.03. The Morgan fingerprint density at radius 2 is 2.23 bits per heavy atom. The van der Waals surface area contributed by atoms with Gasteiger partial charge in [0, 0.05) is 24.4 Å². The highest BCUT2D eigenvalue weighted by Gasteiger charge is 2.26. The molecule has 1 aliphatic heterocycles. The average Bonchev–Trinajstić information content (AvgIpc) is 2.67. The Morgan fingerprint density at radius 3 is 2.92 bits per heavy atom. The monoisotopic (exact) mass is 176 g/mol. The smallest absolute Gasteiger partial charge is 0.0270 e. The molecule has 0 saturated carbocycles. The van der Waals surface area contributed by atoms with Crippen LogP contribution in [0, 0.1) is 0 Å². The Hall–Kier alpha value is -0.890. The lowest BCUT2D eigenvalue weighted by Crippen LogP contribution is -2.24. The summed E-state index contributed by atoms with van der Waals surface area (Å²) in [6.07, 6.45) is 6.26. The first-order chi connectivity index (χ1) is 6.42.